The molecule has 14 heavy (non-hydrogen) atoms. The van der Waals surface area contributed by atoms with Crippen LogP contribution in [0.1, 0.15) is 16.8 Å². The number of nitrogens with zero attached hydrogens (tertiary/aromatic N) is 1. The third-order valence-corrected chi connectivity index (χ3v) is 1.79. The van der Waals surface area contributed by atoms with Gasteiger partial charge in [-0.05, 0) is 12.1 Å². The van der Waals surface area contributed by atoms with Gasteiger partial charge < -0.3 is 0 Å². The molecule has 1 aromatic rings. The van der Waals surface area contributed by atoms with Crippen LogP contribution in [-0.2, 0) is 4.79 Å². The molecule has 0 saturated carbocycles. The Balaban J connectivity index is 0.00000169. The molecule has 76 valence electrons. The molecule has 0 aliphatic heterocycles. The average Bonchev–Trinajstić information content (AvgIpc) is 2.19. The lowest BCUT2D eigenvalue weighted by molar-refractivity contribution is -0.115. The number of alkyl halides is 1. The van der Waals surface area contributed by atoms with E-state index in [1.54, 1.807) is 18.3 Å². The molecule has 0 aliphatic rings. The maximum absolute atomic E-state index is 11.3. The standard InChI is InChI=1S/C9H8ClNO2.ClH/c10-5-8(12)4-9(13)7-2-1-3-11-6-7;/h1-3,6H,4-5H2;1H. The maximum Gasteiger partial charge on any atom is 0.171 e. The summed E-state index contributed by atoms with van der Waals surface area (Å²) in [6, 6.07) is 3.27. The van der Waals surface area contributed by atoms with E-state index < -0.39 is 0 Å². The molecule has 0 unspecified atom stereocenters. The van der Waals surface area contributed by atoms with E-state index in [0.29, 0.717) is 5.56 Å². The van der Waals surface area contributed by atoms with Crippen LogP contribution in [-0.4, -0.2) is 22.4 Å². The Kier molecular flexibility index (Phi) is 6.08. The first kappa shape index (κ1) is 13.1. The van der Waals surface area contributed by atoms with Gasteiger partial charge in [0.2, 0.25) is 0 Å². The van der Waals surface area contributed by atoms with Crippen LogP contribution < -0.4 is 0 Å². The van der Waals surface area contributed by atoms with Crippen LogP contribution in [0.25, 0.3) is 0 Å². The largest absolute Gasteiger partial charge is 0.298 e. The van der Waals surface area contributed by atoms with Crippen molar-refractivity contribution < 1.29 is 9.59 Å². The zero-order chi connectivity index (χ0) is 9.68. The Hall–Kier alpha value is -0.930. The number of pyridine rings is 1. The number of rotatable bonds is 4. The summed E-state index contributed by atoms with van der Waals surface area (Å²) in [5.74, 6) is -0.624. The van der Waals surface area contributed by atoms with Crippen molar-refractivity contribution in [2.75, 3.05) is 5.88 Å². The summed E-state index contributed by atoms with van der Waals surface area (Å²) in [5.41, 5.74) is 0.445. The number of Topliss-reactive ketones (excluding diaryl/α,β-unsaturated/α-hetero) is 2. The highest BCUT2D eigenvalue weighted by molar-refractivity contribution is 6.29. The van der Waals surface area contributed by atoms with Gasteiger partial charge in [-0.2, -0.15) is 0 Å². The Morgan fingerprint density at radius 3 is 2.64 bits per heavy atom. The van der Waals surface area contributed by atoms with Crippen LogP contribution in [0.3, 0.4) is 0 Å². The summed E-state index contributed by atoms with van der Waals surface area (Å²) in [6.07, 6.45) is 2.86. The summed E-state index contributed by atoms with van der Waals surface area (Å²) in [7, 11) is 0. The molecule has 0 radical (unpaired) electrons. The minimum absolute atomic E-state index is 0. The number of hydrogen-bond acceptors (Lipinski definition) is 3. The summed E-state index contributed by atoms with van der Waals surface area (Å²) < 4.78 is 0. The van der Waals surface area contributed by atoms with E-state index in [1.165, 1.54) is 6.20 Å². The number of carbonyl (C=O) groups is 2. The fraction of sp³-hybridized carbons (Fsp3) is 0.222. The summed E-state index contributed by atoms with van der Waals surface area (Å²) in [4.78, 5) is 25.9. The molecule has 0 fully saturated rings. The summed E-state index contributed by atoms with van der Waals surface area (Å²) >= 11 is 5.27. The van der Waals surface area contributed by atoms with Gasteiger partial charge >= 0.3 is 0 Å². The van der Waals surface area contributed by atoms with E-state index in [9.17, 15) is 9.59 Å². The Bertz CT molecular complexity index is 314. The Labute approximate surface area is 92.9 Å². The molecule has 0 N–H and O–H groups in total. The molecule has 0 saturated heterocycles. The molecule has 1 rings (SSSR count). The first-order valence-corrected chi connectivity index (χ1v) is 4.28. The molecule has 0 amide bonds. The highest BCUT2D eigenvalue weighted by atomic mass is 35.5. The van der Waals surface area contributed by atoms with Gasteiger partial charge in [0, 0.05) is 18.0 Å². The van der Waals surface area contributed by atoms with Crippen LogP contribution in [0.15, 0.2) is 24.5 Å². The van der Waals surface area contributed by atoms with E-state index in [1.807, 2.05) is 0 Å². The fourth-order valence-corrected chi connectivity index (χ4v) is 0.951. The summed E-state index contributed by atoms with van der Waals surface area (Å²) in [6.45, 7) is 0. The van der Waals surface area contributed by atoms with Crippen molar-refractivity contribution in [1.29, 1.82) is 0 Å². The molecule has 1 aromatic heterocycles. The van der Waals surface area contributed by atoms with E-state index in [0.717, 1.165) is 0 Å². The molecule has 1 heterocycles. The molecule has 0 atom stereocenters. The maximum atomic E-state index is 11.3. The smallest absolute Gasteiger partial charge is 0.171 e. The van der Waals surface area contributed by atoms with Gasteiger partial charge in [0.05, 0.1) is 12.3 Å². The normalized spacial score (nSPS) is 8.93. The topological polar surface area (TPSA) is 47.0 Å². The first-order valence-electron chi connectivity index (χ1n) is 3.75. The van der Waals surface area contributed by atoms with E-state index >= 15 is 0 Å². The molecule has 0 aromatic carbocycles. The van der Waals surface area contributed by atoms with Gasteiger partial charge in [-0.1, -0.05) is 0 Å². The lowest BCUT2D eigenvalue weighted by Gasteiger charge is -1.96. The minimum atomic E-state index is -0.268. The van der Waals surface area contributed by atoms with Gasteiger partial charge in [0.15, 0.2) is 11.6 Å². The lowest BCUT2D eigenvalue weighted by Crippen LogP contribution is -2.09. The van der Waals surface area contributed by atoms with E-state index in [2.05, 4.69) is 4.98 Å². The molecule has 5 heteroatoms. The monoisotopic (exact) mass is 233 g/mol. The van der Waals surface area contributed by atoms with Gasteiger partial charge in [-0.3, -0.25) is 14.6 Å². The second kappa shape index (κ2) is 6.51. The molecule has 0 spiro atoms. The first-order chi connectivity index (χ1) is 6.24. The van der Waals surface area contributed by atoms with Gasteiger partial charge in [-0.15, -0.1) is 24.0 Å². The van der Waals surface area contributed by atoms with Crippen molar-refractivity contribution in [2.24, 2.45) is 0 Å². The van der Waals surface area contributed by atoms with Gasteiger partial charge in [-0.25, -0.2) is 0 Å². The van der Waals surface area contributed by atoms with Gasteiger partial charge in [0.1, 0.15) is 0 Å². The molecule has 3 nitrogen and oxygen atoms in total. The van der Waals surface area contributed by atoms with Crippen molar-refractivity contribution in [2.45, 2.75) is 6.42 Å². The van der Waals surface area contributed by atoms with Crippen LogP contribution in [0.5, 0.6) is 0 Å². The highest BCUT2D eigenvalue weighted by Gasteiger charge is 2.10. The third kappa shape index (κ3) is 3.85. The highest BCUT2D eigenvalue weighted by Crippen LogP contribution is 2.01. The van der Waals surface area contributed by atoms with Crippen molar-refractivity contribution in [3.05, 3.63) is 30.1 Å². The Morgan fingerprint density at radius 1 is 1.43 bits per heavy atom. The number of ketones is 2. The van der Waals surface area contributed by atoms with Crippen molar-refractivity contribution in [3.63, 3.8) is 0 Å². The second-order valence-corrected chi connectivity index (χ2v) is 2.78. The minimum Gasteiger partial charge on any atom is -0.298 e. The second-order valence-electron chi connectivity index (χ2n) is 2.51. The van der Waals surface area contributed by atoms with E-state index in [-0.39, 0.29) is 36.3 Å². The Morgan fingerprint density at radius 2 is 2.14 bits per heavy atom. The third-order valence-electron chi connectivity index (χ3n) is 1.49. The number of hydrogen-bond donors (Lipinski definition) is 0. The quantitative estimate of drug-likeness (QED) is 0.454. The van der Waals surface area contributed by atoms with Crippen molar-refractivity contribution >= 4 is 35.6 Å². The molecule has 0 aliphatic carbocycles. The molecule has 0 bridgehead atoms. The lowest BCUT2D eigenvalue weighted by atomic mass is 10.1. The number of carbonyl (C=O) groups excluding carboxylic acids is 2. The zero-order valence-electron chi connectivity index (χ0n) is 7.27. The number of aromatic nitrogens is 1. The predicted molar refractivity (Wildman–Crippen MR) is 56.2 cm³/mol. The fourth-order valence-electron chi connectivity index (χ4n) is 0.856. The van der Waals surface area contributed by atoms with Crippen LogP contribution in [0, 0.1) is 0 Å². The average molecular weight is 234 g/mol. The van der Waals surface area contributed by atoms with Gasteiger partial charge in [0.25, 0.3) is 0 Å². The molecular weight excluding hydrogens is 225 g/mol. The number of halogens is 2. The van der Waals surface area contributed by atoms with Crippen molar-refractivity contribution in [3.8, 4) is 0 Å². The van der Waals surface area contributed by atoms with Crippen LogP contribution >= 0.6 is 24.0 Å². The van der Waals surface area contributed by atoms with Crippen molar-refractivity contribution in [1.82, 2.24) is 4.98 Å². The van der Waals surface area contributed by atoms with Crippen LogP contribution in [0.2, 0.25) is 0 Å². The SMILES string of the molecule is Cl.O=C(CCl)CC(=O)c1cccnc1. The summed E-state index contributed by atoms with van der Waals surface area (Å²) in [5, 5.41) is 0. The van der Waals surface area contributed by atoms with Crippen LogP contribution in [0.4, 0.5) is 0 Å². The van der Waals surface area contributed by atoms with E-state index in [4.69, 9.17) is 11.6 Å². The predicted octanol–water partition coefficient (Wildman–Crippen LogP) is 1.88. The zero-order valence-corrected chi connectivity index (χ0v) is 8.85. The molecular formula is C9H9Cl2NO2.